The molecule has 0 fully saturated rings. The number of hydrogen-bond acceptors (Lipinski definition) is 5. The van der Waals surface area contributed by atoms with E-state index in [1.807, 2.05) is 18.2 Å². The third kappa shape index (κ3) is 3.58. The molecule has 0 aliphatic carbocycles. The SMILES string of the molecule is COc1cc(NCCc2ccccc2OC)ncn1. The molecule has 0 amide bonds. The smallest absolute Gasteiger partial charge is 0.218 e. The lowest BCUT2D eigenvalue weighted by Crippen LogP contribution is -2.07. The maximum atomic E-state index is 5.31. The topological polar surface area (TPSA) is 56.3 Å². The van der Waals surface area contributed by atoms with E-state index in [9.17, 15) is 0 Å². The van der Waals surface area contributed by atoms with Gasteiger partial charge in [0, 0.05) is 12.6 Å². The van der Waals surface area contributed by atoms with Crippen LogP contribution in [0.3, 0.4) is 0 Å². The summed E-state index contributed by atoms with van der Waals surface area (Å²) in [5.41, 5.74) is 1.17. The van der Waals surface area contributed by atoms with Gasteiger partial charge >= 0.3 is 0 Å². The number of benzene rings is 1. The second-order valence-electron chi connectivity index (χ2n) is 3.93. The van der Waals surface area contributed by atoms with Gasteiger partial charge in [-0.25, -0.2) is 9.97 Å². The first-order valence-electron chi connectivity index (χ1n) is 6.05. The Balaban J connectivity index is 1.92. The van der Waals surface area contributed by atoms with Gasteiger partial charge in [0.25, 0.3) is 0 Å². The highest BCUT2D eigenvalue weighted by atomic mass is 16.5. The molecule has 1 heterocycles. The Morgan fingerprint density at radius 1 is 1.11 bits per heavy atom. The summed E-state index contributed by atoms with van der Waals surface area (Å²) in [5.74, 6) is 2.21. The zero-order valence-electron chi connectivity index (χ0n) is 11.1. The summed E-state index contributed by atoms with van der Waals surface area (Å²) in [5, 5.41) is 3.23. The quantitative estimate of drug-likeness (QED) is 0.861. The van der Waals surface area contributed by atoms with Crippen molar-refractivity contribution in [2.45, 2.75) is 6.42 Å². The van der Waals surface area contributed by atoms with Gasteiger partial charge in [-0.05, 0) is 18.1 Å². The van der Waals surface area contributed by atoms with Crippen molar-refractivity contribution >= 4 is 5.82 Å². The minimum absolute atomic E-state index is 0.551. The number of rotatable bonds is 6. The second-order valence-corrected chi connectivity index (χ2v) is 3.93. The van der Waals surface area contributed by atoms with Crippen LogP contribution in [0.15, 0.2) is 36.7 Å². The largest absolute Gasteiger partial charge is 0.496 e. The Hall–Kier alpha value is -2.30. The number of nitrogens with zero attached hydrogens (tertiary/aromatic N) is 2. The predicted molar refractivity (Wildman–Crippen MR) is 73.8 cm³/mol. The lowest BCUT2D eigenvalue weighted by Gasteiger charge is -2.09. The molecule has 0 atom stereocenters. The van der Waals surface area contributed by atoms with E-state index >= 15 is 0 Å². The molecule has 1 aromatic carbocycles. The third-order valence-electron chi connectivity index (χ3n) is 2.74. The Bertz CT molecular complexity index is 532. The fourth-order valence-electron chi connectivity index (χ4n) is 1.78. The molecule has 0 spiro atoms. The molecule has 0 saturated heterocycles. The van der Waals surface area contributed by atoms with Crippen LogP contribution in [0.1, 0.15) is 5.56 Å². The number of para-hydroxylation sites is 1. The van der Waals surface area contributed by atoms with Gasteiger partial charge in [-0.2, -0.15) is 0 Å². The highest BCUT2D eigenvalue weighted by Gasteiger charge is 2.02. The van der Waals surface area contributed by atoms with Gasteiger partial charge in [-0.15, -0.1) is 0 Å². The highest BCUT2D eigenvalue weighted by molar-refractivity contribution is 5.38. The van der Waals surface area contributed by atoms with Gasteiger partial charge in [0.15, 0.2) is 0 Å². The maximum absolute atomic E-state index is 5.31. The fraction of sp³-hybridized carbons (Fsp3) is 0.286. The number of hydrogen-bond donors (Lipinski definition) is 1. The minimum Gasteiger partial charge on any atom is -0.496 e. The highest BCUT2D eigenvalue weighted by Crippen LogP contribution is 2.18. The molecular formula is C14H17N3O2. The van der Waals surface area contributed by atoms with Crippen LogP contribution in [0.2, 0.25) is 0 Å². The standard InChI is InChI=1S/C14H17N3O2/c1-18-12-6-4-3-5-11(12)7-8-15-13-9-14(19-2)17-10-16-13/h3-6,9-10H,7-8H2,1-2H3,(H,15,16,17). The van der Waals surface area contributed by atoms with Crippen LogP contribution in [0.5, 0.6) is 11.6 Å². The van der Waals surface area contributed by atoms with Crippen molar-refractivity contribution in [3.8, 4) is 11.6 Å². The monoisotopic (exact) mass is 259 g/mol. The fourth-order valence-corrected chi connectivity index (χ4v) is 1.78. The Morgan fingerprint density at radius 3 is 2.74 bits per heavy atom. The molecule has 0 unspecified atom stereocenters. The molecule has 5 heteroatoms. The lowest BCUT2D eigenvalue weighted by atomic mass is 10.1. The van der Waals surface area contributed by atoms with Crippen molar-refractivity contribution in [2.24, 2.45) is 0 Å². The van der Waals surface area contributed by atoms with Gasteiger partial charge in [0.05, 0.1) is 14.2 Å². The predicted octanol–water partition coefficient (Wildman–Crippen LogP) is 2.15. The molecule has 2 rings (SSSR count). The van der Waals surface area contributed by atoms with Crippen LogP contribution in [-0.2, 0) is 6.42 Å². The van der Waals surface area contributed by atoms with Crippen LogP contribution < -0.4 is 14.8 Å². The van der Waals surface area contributed by atoms with Crippen molar-refractivity contribution in [1.29, 1.82) is 0 Å². The van der Waals surface area contributed by atoms with Crippen molar-refractivity contribution in [3.05, 3.63) is 42.2 Å². The van der Waals surface area contributed by atoms with Crippen molar-refractivity contribution in [2.75, 3.05) is 26.1 Å². The Kier molecular flexibility index (Phi) is 4.55. The van der Waals surface area contributed by atoms with Crippen molar-refractivity contribution in [1.82, 2.24) is 9.97 Å². The van der Waals surface area contributed by atoms with E-state index in [0.29, 0.717) is 5.88 Å². The molecule has 0 aliphatic heterocycles. The molecule has 0 radical (unpaired) electrons. The summed E-state index contributed by atoms with van der Waals surface area (Å²) in [7, 11) is 3.27. The average molecular weight is 259 g/mol. The van der Waals surface area contributed by atoms with Crippen molar-refractivity contribution < 1.29 is 9.47 Å². The van der Waals surface area contributed by atoms with Gasteiger partial charge in [-0.1, -0.05) is 18.2 Å². The van der Waals surface area contributed by atoms with Gasteiger partial charge in [-0.3, -0.25) is 0 Å². The Labute approximate surface area is 112 Å². The molecule has 1 aromatic heterocycles. The van der Waals surface area contributed by atoms with E-state index < -0.39 is 0 Å². The Morgan fingerprint density at radius 2 is 1.95 bits per heavy atom. The van der Waals surface area contributed by atoms with Gasteiger partial charge in [0.1, 0.15) is 17.9 Å². The molecule has 0 saturated carbocycles. The molecule has 100 valence electrons. The molecule has 5 nitrogen and oxygen atoms in total. The van der Waals surface area contributed by atoms with Crippen molar-refractivity contribution in [3.63, 3.8) is 0 Å². The van der Waals surface area contributed by atoms with E-state index in [2.05, 4.69) is 21.4 Å². The molecular weight excluding hydrogens is 242 g/mol. The van der Waals surface area contributed by atoms with Crippen LogP contribution in [-0.4, -0.2) is 30.7 Å². The molecule has 0 aliphatic rings. The van der Waals surface area contributed by atoms with Crippen LogP contribution in [0.25, 0.3) is 0 Å². The van der Waals surface area contributed by atoms with E-state index in [1.165, 1.54) is 11.9 Å². The molecule has 2 aromatic rings. The van der Waals surface area contributed by atoms with Crippen LogP contribution in [0, 0.1) is 0 Å². The summed E-state index contributed by atoms with van der Waals surface area (Å²) >= 11 is 0. The number of aromatic nitrogens is 2. The van der Waals surface area contributed by atoms with E-state index in [0.717, 1.165) is 24.5 Å². The summed E-state index contributed by atoms with van der Waals surface area (Å²) in [4.78, 5) is 8.09. The number of anilines is 1. The summed E-state index contributed by atoms with van der Waals surface area (Å²) in [6.07, 6.45) is 2.33. The average Bonchev–Trinajstić information content (AvgIpc) is 2.48. The zero-order chi connectivity index (χ0) is 13.5. The van der Waals surface area contributed by atoms with Crippen LogP contribution >= 0.6 is 0 Å². The van der Waals surface area contributed by atoms with Gasteiger partial charge < -0.3 is 14.8 Å². The van der Waals surface area contributed by atoms with E-state index in [1.54, 1.807) is 20.3 Å². The van der Waals surface area contributed by atoms with E-state index in [4.69, 9.17) is 9.47 Å². The number of methoxy groups -OCH3 is 2. The summed E-state index contributed by atoms with van der Waals surface area (Å²) < 4.78 is 10.4. The third-order valence-corrected chi connectivity index (χ3v) is 2.74. The maximum Gasteiger partial charge on any atom is 0.218 e. The summed E-state index contributed by atoms with van der Waals surface area (Å²) in [6, 6.07) is 9.75. The minimum atomic E-state index is 0.551. The first-order chi connectivity index (χ1) is 9.33. The van der Waals surface area contributed by atoms with E-state index in [-0.39, 0.29) is 0 Å². The second kappa shape index (κ2) is 6.58. The lowest BCUT2D eigenvalue weighted by molar-refractivity contribution is 0.397. The molecule has 19 heavy (non-hydrogen) atoms. The molecule has 1 N–H and O–H groups in total. The number of ether oxygens (including phenoxy) is 2. The first-order valence-corrected chi connectivity index (χ1v) is 6.05. The zero-order valence-corrected chi connectivity index (χ0v) is 11.1. The normalized spacial score (nSPS) is 10.0. The van der Waals surface area contributed by atoms with Crippen LogP contribution in [0.4, 0.5) is 5.82 Å². The first kappa shape index (κ1) is 13.1. The summed E-state index contributed by atoms with van der Waals surface area (Å²) in [6.45, 7) is 0.764. The molecule has 0 bridgehead atoms. The number of nitrogens with one attached hydrogen (secondary N) is 1. The van der Waals surface area contributed by atoms with Gasteiger partial charge in [0.2, 0.25) is 5.88 Å².